The molecule has 130 valence electrons. The molecule has 2 aromatic rings. The number of benzene rings is 2. The Labute approximate surface area is 147 Å². The number of ether oxygens (including phenoxy) is 1. The second-order valence-electron chi connectivity index (χ2n) is 5.67. The molecule has 2 rings (SSSR count). The summed E-state index contributed by atoms with van der Waals surface area (Å²) in [5.74, 6) is -0.873. The Morgan fingerprint density at radius 1 is 0.920 bits per heavy atom. The van der Waals surface area contributed by atoms with Gasteiger partial charge in [-0.15, -0.1) is 0 Å². The van der Waals surface area contributed by atoms with Crippen molar-refractivity contribution >= 4 is 23.3 Å². The van der Waals surface area contributed by atoms with Crippen molar-refractivity contribution < 1.29 is 19.1 Å². The number of hydrogen-bond donors (Lipinski definition) is 1. The molecule has 0 saturated heterocycles. The number of carbonyl (C=O) groups excluding carboxylic acids is 3. The number of Topliss-reactive ketones (excluding diaryl/α,β-unsaturated/α-hetero) is 1. The lowest BCUT2D eigenvalue weighted by molar-refractivity contribution is -0.142. The van der Waals surface area contributed by atoms with Crippen molar-refractivity contribution in [3.8, 4) is 0 Å². The van der Waals surface area contributed by atoms with Gasteiger partial charge in [0.25, 0.3) is 0 Å². The van der Waals surface area contributed by atoms with Crippen molar-refractivity contribution in [2.45, 2.75) is 26.2 Å². The summed E-state index contributed by atoms with van der Waals surface area (Å²) >= 11 is 0. The highest BCUT2D eigenvalue weighted by Crippen LogP contribution is 2.13. The summed E-state index contributed by atoms with van der Waals surface area (Å²) in [7, 11) is 0. The minimum absolute atomic E-state index is 0.100. The van der Waals surface area contributed by atoms with E-state index in [-0.39, 0.29) is 31.1 Å². The molecule has 0 unspecified atom stereocenters. The van der Waals surface area contributed by atoms with Crippen LogP contribution in [0.1, 0.15) is 35.2 Å². The number of ketones is 1. The first-order chi connectivity index (χ1) is 12.1. The second-order valence-corrected chi connectivity index (χ2v) is 5.67. The summed E-state index contributed by atoms with van der Waals surface area (Å²) in [6.45, 7) is 1.63. The van der Waals surface area contributed by atoms with E-state index in [1.54, 1.807) is 24.3 Å². The third-order valence-electron chi connectivity index (χ3n) is 3.66. The van der Waals surface area contributed by atoms with Crippen molar-refractivity contribution in [2.24, 2.45) is 0 Å². The van der Waals surface area contributed by atoms with Crippen LogP contribution in [0.5, 0.6) is 0 Å². The molecule has 0 saturated carbocycles. The SMILES string of the molecule is Cc1ccccc1NC(=O)CCCC(=O)OCC(=O)c1ccccc1. The summed E-state index contributed by atoms with van der Waals surface area (Å²) in [5, 5.41) is 2.81. The molecule has 5 nitrogen and oxygen atoms in total. The zero-order valence-corrected chi connectivity index (χ0v) is 14.2. The largest absolute Gasteiger partial charge is 0.457 e. The van der Waals surface area contributed by atoms with Gasteiger partial charge in [-0.1, -0.05) is 48.5 Å². The van der Waals surface area contributed by atoms with Crippen molar-refractivity contribution in [1.82, 2.24) is 0 Å². The van der Waals surface area contributed by atoms with E-state index in [4.69, 9.17) is 4.74 Å². The van der Waals surface area contributed by atoms with Crippen LogP contribution in [0, 0.1) is 6.92 Å². The molecule has 0 aliphatic rings. The molecular weight excluding hydrogens is 318 g/mol. The monoisotopic (exact) mass is 339 g/mol. The maximum absolute atomic E-state index is 11.9. The van der Waals surface area contributed by atoms with Crippen molar-refractivity contribution in [3.05, 3.63) is 65.7 Å². The normalized spacial score (nSPS) is 10.1. The van der Waals surface area contributed by atoms with E-state index in [1.807, 2.05) is 37.3 Å². The van der Waals surface area contributed by atoms with Gasteiger partial charge in [-0.05, 0) is 25.0 Å². The van der Waals surface area contributed by atoms with Crippen LogP contribution < -0.4 is 5.32 Å². The van der Waals surface area contributed by atoms with E-state index < -0.39 is 5.97 Å². The molecular formula is C20H21NO4. The summed E-state index contributed by atoms with van der Waals surface area (Å²) < 4.78 is 4.96. The minimum atomic E-state index is -0.479. The average Bonchev–Trinajstić information content (AvgIpc) is 2.62. The van der Waals surface area contributed by atoms with E-state index in [0.717, 1.165) is 11.3 Å². The Morgan fingerprint density at radius 2 is 1.60 bits per heavy atom. The maximum atomic E-state index is 11.9. The molecule has 0 fully saturated rings. The number of carbonyl (C=O) groups is 3. The van der Waals surface area contributed by atoms with Crippen LogP contribution in [0.4, 0.5) is 5.69 Å². The quantitative estimate of drug-likeness (QED) is 0.590. The third kappa shape index (κ3) is 6.22. The fourth-order valence-corrected chi connectivity index (χ4v) is 2.24. The Balaban J connectivity index is 1.66. The van der Waals surface area contributed by atoms with E-state index in [2.05, 4.69) is 5.32 Å². The van der Waals surface area contributed by atoms with E-state index in [0.29, 0.717) is 12.0 Å². The lowest BCUT2D eigenvalue weighted by Gasteiger charge is -2.08. The number of amides is 1. The summed E-state index contributed by atoms with van der Waals surface area (Å²) in [4.78, 5) is 35.4. The van der Waals surface area contributed by atoms with Gasteiger partial charge in [-0.25, -0.2) is 0 Å². The number of esters is 1. The molecule has 0 aliphatic heterocycles. The van der Waals surface area contributed by atoms with Gasteiger partial charge in [0.05, 0.1) is 0 Å². The van der Waals surface area contributed by atoms with Gasteiger partial charge in [-0.3, -0.25) is 14.4 Å². The van der Waals surface area contributed by atoms with E-state index in [1.165, 1.54) is 0 Å². The van der Waals surface area contributed by atoms with Crippen molar-refractivity contribution in [1.29, 1.82) is 0 Å². The minimum Gasteiger partial charge on any atom is -0.457 e. The molecule has 1 N–H and O–H groups in total. The zero-order valence-electron chi connectivity index (χ0n) is 14.2. The van der Waals surface area contributed by atoms with E-state index in [9.17, 15) is 14.4 Å². The average molecular weight is 339 g/mol. The molecule has 0 aliphatic carbocycles. The Morgan fingerprint density at radius 3 is 2.32 bits per heavy atom. The smallest absolute Gasteiger partial charge is 0.306 e. The number of aryl methyl sites for hydroxylation is 1. The molecule has 5 heteroatoms. The highest BCUT2D eigenvalue weighted by molar-refractivity contribution is 5.97. The number of nitrogens with one attached hydrogen (secondary N) is 1. The first-order valence-corrected chi connectivity index (χ1v) is 8.15. The van der Waals surface area contributed by atoms with Gasteiger partial charge in [0, 0.05) is 24.1 Å². The molecule has 0 aromatic heterocycles. The molecule has 0 radical (unpaired) electrons. The number of hydrogen-bond acceptors (Lipinski definition) is 4. The van der Waals surface area contributed by atoms with Gasteiger partial charge in [0.15, 0.2) is 12.4 Å². The van der Waals surface area contributed by atoms with Crippen LogP contribution in [0.25, 0.3) is 0 Å². The van der Waals surface area contributed by atoms with E-state index >= 15 is 0 Å². The van der Waals surface area contributed by atoms with Crippen LogP contribution in [0.15, 0.2) is 54.6 Å². The number of rotatable bonds is 8. The maximum Gasteiger partial charge on any atom is 0.306 e. The molecule has 2 aromatic carbocycles. The van der Waals surface area contributed by atoms with Gasteiger partial charge in [0.1, 0.15) is 0 Å². The van der Waals surface area contributed by atoms with Crippen molar-refractivity contribution in [2.75, 3.05) is 11.9 Å². The van der Waals surface area contributed by atoms with Crippen LogP contribution in [-0.4, -0.2) is 24.3 Å². The predicted molar refractivity (Wildman–Crippen MR) is 95.4 cm³/mol. The van der Waals surface area contributed by atoms with Crippen LogP contribution in [0.3, 0.4) is 0 Å². The second kappa shape index (κ2) is 9.37. The Hall–Kier alpha value is -2.95. The first kappa shape index (κ1) is 18.4. The predicted octanol–water partition coefficient (Wildman–Crippen LogP) is 3.53. The first-order valence-electron chi connectivity index (χ1n) is 8.15. The van der Waals surface area contributed by atoms with Gasteiger partial charge < -0.3 is 10.1 Å². The summed E-state index contributed by atoms with van der Waals surface area (Å²) in [5.41, 5.74) is 2.26. The molecule has 0 heterocycles. The number of anilines is 1. The molecule has 0 atom stereocenters. The highest BCUT2D eigenvalue weighted by Gasteiger charge is 2.11. The molecule has 0 spiro atoms. The topological polar surface area (TPSA) is 72.5 Å². The van der Waals surface area contributed by atoms with Crippen LogP contribution >= 0.6 is 0 Å². The van der Waals surface area contributed by atoms with Crippen LogP contribution in [-0.2, 0) is 14.3 Å². The lowest BCUT2D eigenvalue weighted by Crippen LogP contribution is -2.15. The van der Waals surface area contributed by atoms with Crippen LogP contribution in [0.2, 0.25) is 0 Å². The molecule has 25 heavy (non-hydrogen) atoms. The standard InChI is InChI=1S/C20H21NO4/c1-15-8-5-6-11-17(15)21-19(23)12-7-13-20(24)25-14-18(22)16-9-3-2-4-10-16/h2-6,8-11H,7,12-14H2,1H3,(H,21,23). The van der Waals surface area contributed by atoms with Crippen molar-refractivity contribution in [3.63, 3.8) is 0 Å². The Kier molecular flexibility index (Phi) is 6.89. The molecule has 0 bridgehead atoms. The summed E-state index contributed by atoms with van der Waals surface area (Å²) in [6, 6.07) is 16.2. The summed E-state index contributed by atoms with van der Waals surface area (Å²) in [6.07, 6.45) is 0.690. The van der Waals surface area contributed by atoms with Gasteiger partial charge in [-0.2, -0.15) is 0 Å². The lowest BCUT2D eigenvalue weighted by atomic mass is 10.1. The fourth-order valence-electron chi connectivity index (χ4n) is 2.24. The van der Waals surface area contributed by atoms with Gasteiger partial charge in [0.2, 0.25) is 5.91 Å². The van der Waals surface area contributed by atoms with Gasteiger partial charge >= 0.3 is 5.97 Å². The highest BCUT2D eigenvalue weighted by atomic mass is 16.5. The third-order valence-corrected chi connectivity index (χ3v) is 3.66. The Bertz CT molecular complexity index is 740. The number of para-hydroxylation sites is 1. The zero-order chi connectivity index (χ0) is 18.1. The fraction of sp³-hybridized carbons (Fsp3) is 0.250. The molecule has 1 amide bonds.